The maximum Gasteiger partial charge on any atom is 0.251 e. The van der Waals surface area contributed by atoms with Gasteiger partial charge in [0.1, 0.15) is 5.75 Å². The van der Waals surface area contributed by atoms with Crippen LogP contribution < -0.4 is 15.8 Å². The van der Waals surface area contributed by atoms with Gasteiger partial charge in [0.25, 0.3) is 5.91 Å². The second-order valence-corrected chi connectivity index (χ2v) is 2.94. The van der Waals surface area contributed by atoms with Gasteiger partial charge in [-0.15, -0.1) is 0 Å². The summed E-state index contributed by atoms with van der Waals surface area (Å²) in [5, 5.41) is 11.1. The first-order valence-electron chi connectivity index (χ1n) is 4.51. The van der Waals surface area contributed by atoms with E-state index in [-0.39, 0.29) is 19.1 Å². The number of carbonyl (C=O) groups excluding carboxylic acids is 1. The molecule has 0 heterocycles. The SMILES string of the molecule is COc1cc(C(=O)NCCO)ccc1N. The lowest BCUT2D eigenvalue weighted by atomic mass is 10.2. The normalized spacial score (nSPS) is 9.73. The molecule has 0 aliphatic rings. The molecule has 0 saturated carbocycles. The average molecular weight is 210 g/mol. The minimum absolute atomic E-state index is 0.0855. The summed E-state index contributed by atoms with van der Waals surface area (Å²) in [5.74, 6) is 0.203. The molecule has 0 spiro atoms. The standard InChI is InChI=1S/C10H14N2O3/c1-15-9-6-7(2-3-8(9)11)10(14)12-4-5-13/h2-3,6,13H,4-5,11H2,1H3,(H,12,14). The molecular formula is C10H14N2O3. The molecule has 0 fully saturated rings. The molecule has 0 aliphatic carbocycles. The predicted molar refractivity (Wildman–Crippen MR) is 56.8 cm³/mol. The fraction of sp³-hybridized carbons (Fsp3) is 0.300. The summed E-state index contributed by atoms with van der Waals surface area (Å²) in [4.78, 5) is 11.5. The van der Waals surface area contributed by atoms with Crippen molar-refractivity contribution in [3.05, 3.63) is 23.8 Å². The summed E-state index contributed by atoms with van der Waals surface area (Å²) in [5.41, 5.74) is 6.54. The molecule has 1 aromatic carbocycles. The van der Waals surface area contributed by atoms with Gasteiger partial charge >= 0.3 is 0 Å². The summed E-state index contributed by atoms with van der Waals surface area (Å²) in [7, 11) is 1.49. The predicted octanol–water partition coefficient (Wildman–Crippen LogP) is -0.000500. The Balaban J connectivity index is 2.81. The molecule has 0 bridgehead atoms. The lowest BCUT2D eigenvalue weighted by molar-refractivity contribution is 0.0944. The monoisotopic (exact) mass is 210 g/mol. The van der Waals surface area contributed by atoms with Crippen molar-refractivity contribution >= 4 is 11.6 Å². The van der Waals surface area contributed by atoms with Crippen molar-refractivity contribution in [2.45, 2.75) is 0 Å². The first kappa shape index (κ1) is 11.3. The topological polar surface area (TPSA) is 84.6 Å². The molecule has 0 saturated heterocycles. The van der Waals surface area contributed by atoms with Crippen molar-refractivity contribution in [2.24, 2.45) is 0 Å². The van der Waals surface area contributed by atoms with Crippen LogP contribution in [0.1, 0.15) is 10.4 Å². The lowest BCUT2D eigenvalue weighted by Crippen LogP contribution is -2.26. The van der Waals surface area contributed by atoms with Crippen molar-refractivity contribution in [1.29, 1.82) is 0 Å². The van der Waals surface area contributed by atoms with Crippen LogP contribution in [0.25, 0.3) is 0 Å². The zero-order valence-corrected chi connectivity index (χ0v) is 8.49. The quantitative estimate of drug-likeness (QED) is 0.611. The fourth-order valence-corrected chi connectivity index (χ4v) is 1.12. The van der Waals surface area contributed by atoms with Crippen LogP contribution in [-0.2, 0) is 0 Å². The van der Waals surface area contributed by atoms with Crippen molar-refractivity contribution in [2.75, 3.05) is 26.0 Å². The smallest absolute Gasteiger partial charge is 0.251 e. The zero-order valence-electron chi connectivity index (χ0n) is 8.49. The van der Waals surface area contributed by atoms with Gasteiger partial charge in [-0.25, -0.2) is 0 Å². The van der Waals surface area contributed by atoms with Crippen molar-refractivity contribution in [3.63, 3.8) is 0 Å². The highest BCUT2D eigenvalue weighted by atomic mass is 16.5. The van der Waals surface area contributed by atoms with Gasteiger partial charge in [0.15, 0.2) is 0 Å². The van der Waals surface area contributed by atoms with Crippen LogP contribution >= 0.6 is 0 Å². The summed E-state index contributed by atoms with van der Waals surface area (Å²) in [6, 6.07) is 4.76. The van der Waals surface area contributed by atoms with Crippen LogP contribution in [0.5, 0.6) is 5.75 Å². The Morgan fingerprint density at radius 2 is 2.33 bits per heavy atom. The number of rotatable bonds is 4. The third-order valence-electron chi connectivity index (χ3n) is 1.89. The molecule has 0 aliphatic heterocycles. The number of hydrogen-bond acceptors (Lipinski definition) is 4. The largest absolute Gasteiger partial charge is 0.495 e. The van der Waals surface area contributed by atoms with E-state index in [9.17, 15) is 4.79 Å². The van der Waals surface area contributed by atoms with Gasteiger partial charge in [-0.05, 0) is 18.2 Å². The van der Waals surface area contributed by atoms with Crippen molar-refractivity contribution in [1.82, 2.24) is 5.32 Å². The van der Waals surface area contributed by atoms with E-state index in [1.54, 1.807) is 18.2 Å². The molecule has 5 nitrogen and oxygen atoms in total. The second-order valence-electron chi connectivity index (χ2n) is 2.94. The first-order valence-corrected chi connectivity index (χ1v) is 4.51. The highest BCUT2D eigenvalue weighted by Gasteiger charge is 2.07. The summed E-state index contributed by atoms with van der Waals surface area (Å²) < 4.78 is 4.99. The zero-order chi connectivity index (χ0) is 11.3. The Morgan fingerprint density at radius 1 is 1.60 bits per heavy atom. The van der Waals surface area contributed by atoms with Crippen LogP contribution in [-0.4, -0.2) is 31.3 Å². The summed E-state index contributed by atoms with van der Waals surface area (Å²) in [6.07, 6.45) is 0. The van der Waals surface area contributed by atoms with E-state index in [0.29, 0.717) is 17.0 Å². The van der Waals surface area contributed by atoms with Crippen LogP contribution in [0, 0.1) is 0 Å². The maximum atomic E-state index is 11.5. The molecule has 0 unspecified atom stereocenters. The molecule has 15 heavy (non-hydrogen) atoms. The summed E-state index contributed by atoms with van der Waals surface area (Å²) >= 11 is 0. The molecule has 0 radical (unpaired) electrons. The molecule has 1 aromatic rings. The van der Waals surface area contributed by atoms with E-state index in [4.69, 9.17) is 15.6 Å². The molecular weight excluding hydrogens is 196 g/mol. The Morgan fingerprint density at radius 3 is 2.93 bits per heavy atom. The number of nitrogens with one attached hydrogen (secondary N) is 1. The minimum Gasteiger partial charge on any atom is -0.495 e. The summed E-state index contributed by atoms with van der Waals surface area (Å²) in [6.45, 7) is 0.142. The molecule has 1 amide bonds. The van der Waals surface area contributed by atoms with Crippen molar-refractivity contribution in [3.8, 4) is 5.75 Å². The number of hydrogen-bond donors (Lipinski definition) is 3. The van der Waals surface area contributed by atoms with E-state index < -0.39 is 0 Å². The van der Waals surface area contributed by atoms with Gasteiger partial charge in [0.2, 0.25) is 0 Å². The van der Waals surface area contributed by atoms with E-state index in [1.165, 1.54) is 7.11 Å². The highest BCUT2D eigenvalue weighted by Crippen LogP contribution is 2.21. The maximum absolute atomic E-state index is 11.5. The lowest BCUT2D eigenvalue weighted by Gasteiger charge is -2.07. The second kappa shape index (κ2) is 5.21. The van der Waals surface area contributed by atoms with Gasteiger partial charge < -0.3 is 20.9 Å². The van der Waals surface area contributed by atoms with Gasteiger partial charge in [0.05, 0.1) is 19.4 Å². The molecule has 0 atom stereocenters. The average Bonchev–Trinajstić information content (AvgIpc) is 2.26. The third-order valence-corrected chi connectivity index (χ3v) is 1.89. The van der Waals surface area contributed by atoms with Crippen molar-refractivity contribution < 1.29 is 14.6 Å². The van der Waals surface area contributed by atoms with E-state index in [2.05, 4.69) is 5.32 Å². The van der Waals surface area contributed by atoms with E-state index >= 15 is 0 Å². The third kappa shape index (κ3) is 2.85. The number of methoxy groups -OCH3 is 1. The van der Waals surface area contributed by atoms with Crippen LogP contribution in [0.15, 0.2) is 18.2 Å². The number of aliphatic hydroxyl groups excluding tert-OH is 1. The van der Waals surface area contributed by atoms with Gasteiger partial charge in [0, 0.05) is 12.1 Å². The minimum atomic E-state index is -0.262. The first-order chi connectivity index (χ1) is 7.19. The van der Waals surface area contributed by atoms with Gasteiger partial charge in [-0.1, -0.05) is 0 Å². The van der Waals surface area contributed by atoms with Crippen LogP contribution in [0.2, 0.25) is 0 Å². The molecule has 0 aromatic heterocycles. The van der Waals surface area contributed by atoms with Gasteiger partial charge in [-0.3, -0.25) is 4.79 Å². The number of aliphatic hydroxyl groups is 1. The van der Waals surface area contributed by atoms with Crippen LogP contribution in [0.3, 0.4) is 0 Å². The molecule has 1 rings (SSSR count). The Kier molecular flexibility index (Phi) is 3.93. The molecule has 5 heteroatoms. The van der Waals surface area contributed by atoms with Gasteiger partial charge in [-0.2, -0.15) is 0 Å². The molecule has 82 valence electrons. The van der Waals surface area contributed by atoms with Crippen LogP contribution in [0.4, 0.5) is 5.69 Å². The number of nitrogens with two attached hydrogens (primary N) is 1. The Bertz CT molecular complexity index is 353. The molecule has 4 N–H and O–H groups in total. The number of anilines is 1. The number of carbonyl (C=O) groups is 1. The van der Waals surface area contributed by atoms with E-state index in [1.807, 2.05) is 0 Å². The Labute approximate surface area is 87.9 Å². The number of amides is 1. The fourth-order valence-electron chi connectivity index (χ4n) is 1.12. The van der Waals surface area contributed by atoms with E-state index in [0.717, 1.165) is 0 Å². The number of ether oxygens (including phenoxy) is 1. The number of nitrogen functional groups attached to an aromatic ring is 1. The Hall–Kier alpha value is -1.75. The highest BCUT2D eigenvalue weighted by molar-refractivity contribution is 5.95. The number of benzene rings is 1.